The molecule has 1 aromatic carbocycles. The van der Waals surface area contributed by atoms with Crippen molar-refractivity contribution in [1.82, 2.24) is 10.5 Å². The van der Waals surface area contributed by atoms with Crippen LogP contribution in [0.3, 0.4) is 0 Å². The SMILES string of the molecule is COc1ccc(N2Sc3ccccc3C2CC(=O)NO)cn1. The number of pyridine rings is 1. The minimum Gasteiger partial charge on any atom is -0.481 e. The highest BCUT2D eigenvalue weighted by Gasteiger charge is 2.33. The van der Waals surface area contributed by atoms with Gasteiger partial charge in [0.15, 0.2) is 0 Å². The molecule has 7 heteroatoms. The Morgan fingerprint density at radius 1 is 1.41 bits per heavy atom. The first-order valence-electron chi connectivity index (χ1n) is 6.72. The number of fused-ring (bicyclic) bond motifs is 1. The number of hydroxylamine groups is 1. The number of methoxy groups -OCH3 is 1. The van der Waals surface area contributed by atoms with Crippen molar-refractivity contribution in [3.05, 3.63) is 48.2 Å². The lowest BCUT2D eigenvalue weighted by Gasteiger charge is -2.24. The molecule has 3 rings (SSSR count). The summed E-state index contributed by atoms with van der Waals surface area (Å²) in [5.41, 5.74) is 3.64. The van der Waals surface area contributed by atoms with Gasteiger partial charge in [-0.2, -0.15) is 0 Å². The predicted octanol–water partition coefficient (Wildman–Crippen LogP) is 2.55. The number of anilines is 1. The van der Waals surface area contributed by atoms with Gasteiger partial charge in [-0.3, -0.25) is 10.0 Å². The lowest BCUT2D eigenvalue weighted by Crippen LogP contribution is -2.26. The van der Waals surface area contributed by atoms with Crippen LogP contribution in [0.1, 0.15) is 18.0 Å². The average Bonchev–Trinajstić information content (AvgIpc) is 2.93. The van der Waals surface area contributed by atoms with E-state index in [2.05, 4.69) is 4.98 Å². The van der Waals surface area contributed by atoms with Gasteiger partial charge in [0.2, 0.25) is 11.8 Å². The standard InChI is InChI=1S/C15H15N3O3S/c1-21-15-7-6-10(9-16-15)18-12(8-14(19)17-20)11-4-2-3-5-13(11)22-18/h2-7,9,12,20H,8H2,1H3,(H,17,19). The third-order valence-electron chi connectivity index (χ3n) is 3.45. The Labute approximate surface area is 132 Å². The van der Waals surface area contributed by atoms with Crippen LogP contribution in [-0.4, -0.2) is 23.2 Å². The van der Waals surface area contributed by atoms with Gasteiger partial charge in [0.05, 0.1) is 31.5 Å². The van der Waals surface area contributed by atoms with Crippen LogP contribution in [0.4, 0.5) is 5.69 Å². The summed E-state index contributed by atoms with van der Waals surface area (Å²) in [5, 5.41) is 8.81. The molecule has 114 valence electrons. The van der Waals surface area contributed by atoms with Crippen LogP contribution >= 0.6 is 11.9 Å². The van der Waals surface area contributed by atoms with E-state index in [4.69, 9.17) is 9.94 Å². The predicted molar refractivity (Wildman–Crippen MR) is 82.9 cm³/mol. The van der Waals surface area contributed by atoms with Gasteiger partial charge in [0.1, 0.15) is 0 Å². The molecule has 1 aromatic heterocycles. The van der Waals surface area contributed by atoms with Crippen molar-refractivity contribution in [3.8, 4) is 5.88 Å². The zero-order valence-electron chi connectivity index (χ0n) is 11.9. The summed E-state index contributed by atoms with van der Waals surface area (Å²) in [6.45, 7) is 0. The van der Waals surface area contributed by atoms with Gasteiger partial charge in [-0.05, 0) is 29.6 Å². The summed E-state index contributed by atoms with van der Waals surface area (Å²) in [4.78, 5) is 16.9. The van der Waals surface area contributed by atoms with E-state index in [1.807, 2.05) is 34.6 Å². The van der Waals surface area contributed by atoms with Crippen LogP contribution in [0.15, 0.2) is 47.5 Å². The number of hydrogen-bond donors (Lipinski definition) is 2. The molecule has 2 N–H and O–H groups in total. The molecule has 1 aliphatic heterocycles. The molecular weight excluding hydrogens is 302 g/mol. The zero-order chi connectivity index (χ0) is 15.5. The number of ether oxygens (including phenoxy) is 1. The Balaban J connectivity index is 1.93. The van der Waals surface area contributed by atoms with E-state index in [9.17, 15) is 4.79 Å². The molecular formula is C15H15N3O3S. The van der Waals surface area contributed by atoms with E-state index in [1.165, 1.54) is 0 Å². The Hall–Kier alpha value is -2.25. The molecule has 2 heterocycles. The molecule has 1 amide bonds. The third kappa shape index (κ3) is 2.72. The molecule has 0 radical (unpaired) electrons. The van der Waals surface area contributed by atoms with E-state index >= 15 is 0 Å². The van der Waals surface area contributed by atoms with Crippen molar-refractivity contribution in [2.45, 2.75) is 17.4 Å². The van der Waals surface area contributed by atoms with Gasteiger partial charge < -0.3 is 9.04 Å². The molecule has 0 fully saturated rings. The Kier molecular flexibility index (Phi) is 4.17. The third-order valence-corrected chi connectivity index (χ3v) is 4.68. The number of carbonyl (C=O) groups is 1. The molecule has 0 spiro atoms. The number of carbonyl (C=O) groups excluding carboxylic acids is 1. The minimum atomic E-state index is -0.422. The maximum Gasteiger partial charge on any atom is 0.245 e. The highest BCUT2D eigenvalue weighted by Crippen LogP contribution is 2.48. The van der Waals surface area contributed by atoms with E-state index in [0.717, 1.165) is 16.1 Å². The van der Waals surface area contributed by atoms with Crippen molar-refractivity contribution in [1.29, 1.82) is 0 Å². The monoisotopic (exact) mass is 317 g/mol. The zero-order valence-corrected chi connectivity index (χ0v) is 12.7. The lowest BCUT2D eigenvalue weighted by molar-refractivity contribution is -0.129. The second kappa shape index (κ2) is 6.25. The molecule has 1 atom stereocenters. The van der Waals surface area contributed by atoms with Crippen molar-refractivity contribution in [2.24, 2.45) is 0 Å². The second-order valence-corrected chi connectivity index (χ2v) is 5.78. The van der Waals surface area contributed by atoms with Gasteiger partial charge in [-0.1, -0.05) is 18.2 Å². The van der Waals surface area contributed by atoms with Crippen LogP contribution < -0.4 is 14.5 Å². The Morgan fingerprint density at radius 2 is 2.23 bits per heavy atom. The van der Waals surface area contributed by atoms with Gasteiger partial charge in [-0.25, -0.2) is 10.5 Å². The molecule has 0 aliphatic carbocycles. The van der Waals surface area contributed by atoms with Gasteiger partial charge >= 0.3 is 0 Å². The number of aromatic nitrogens is 1. The molecule has 1 unspecified atom stereocenters. The van der Waals surface area contributed by atoms with Crippen molar-refractivity contribution >= 4 is 23.5 Å². The summed E-state index contributed by atoms with van der Waals surface area (Å²) in [6.07, 6.45) is 1.87. The average molecular weight is 317 g/mol. The van der Waals surface area contributed by atoms with Crippen molar-refractivity contribution in [2.75, 3.05) is 11.4 Å². The molecule has 1 aliphatic rings. The second-order valence-electron chi connectivity index (χ2n) is 4.77. The number of benzene rings is 1. The fourth-order valence-corrected chi connectivity index (χ4v) is 3.59. The maximum atomic E-state index is 11.6. The first kappa shape index (κ1) is 14.7. The first-order chi connectivity index (χ1) is 10.7. The van der Waals surface area contributed by atoms with Crippen molar-refractivity contribution in [3.63, 3.8) is 0 Å². The van der Waals surface area contributed by atoms with Crippen LogP contribution in [0, 0.1) is 0 Å². The summed E-state index contributed by atoms with van der Waals surface area (Å²) < 4.78 is 7.09. The number of amides is 1. The van der Waals surface area contributed by atoms with E-state index < -0.39 is 5.91 Å². The van der Waals surface area contributed by atoms with Crippen LogP contribution in [0.5, 0.6) is 5.88 Å². The number of rotatable bonds is 4. The topological polar surface area (TPSA) is 74.7 Å². The Morgan fingerprint density at radius 3 is 2.91 bits per heavy atom. The molecule has 0 saturated heterocycles. The summed E-state index contributed by atoms with van der Waals surface area (Å²) in [5.74, 6) is 0.115. The van der Waals surface area contributed by atoms with Crippen LogP contribution in [-0.2, 0) is 4.79 Å². The fraction of sp³-hybridized carbons (Fsp3) is 0.200. The van der Waals surface area contributed by atoms with Crippen LogP contribution in [0.25, 0.3) is 0 Å². The molecule has 22 heavy (non-hydrogen) atoms. The lowest BCUT2D eigenvalue weighted by atomic mass is 10.0. The van der Waals surface area contributed by atoms with Gasteiger partial charge in [0.25, 0.3) is 0 Å². The molecule has 0 saturated carbocycles. The van der Waals surface area contributed by atoms with E-state index in [-0.39, 0.29) is 12.5 Å². The maximum absolute atomic E-state index is 11.6. The normalized spacial score (nSPS) is 16.3. The molecule has 0 bridgehead atoms. The Bertz CT molecular complexity index is 678. The molecule has 2 aromatic rings. The fourth-order valence-electron chi connectivity index (χ4n) is 2.41. The first-order valence-corrected chi connectivity index (χ1v) is 7.49. The van der Waals surface area contributed by atoms with E-state index in [0.29, 0.717) is 5.88 Å². The quantitative estimate of drug-likeness (QED) is 0.513. The summed E-state index contributed by atoms with van der Waals surface area (Å²) in [6, 6.07) is 11.4. The minimum absolute atomic E-state index is 0.159. The van der Waals surface area contributed by atoms with Crippen molar-refractivity contribution < 1.29 is 14.7 Å². The summed E-state index contributed by atoms with van der Waals surface area (Å²) in [7, 11) is 1.57. The number of hydrogen-bond acceptors (Lipinski definition) is 6. The van der Waals surface area contributed by atoms with E-state index in [1.54, 1.807) is 36.8 Å². The molecule has 6 nitrogen and oxygen atoms in total. The number of nitrogens with zero attached hydrogens (tertiary/aromatic N) is 2. The van der Waals surface area contributed by atoms with Gasteiger partial charge in [-0.15, -0.1) is 0 Å². The van der Waals surface area contributed by atoms with Gasteiger partial charge in [0, 0.05) is 11.0 Å². The smallest absolute Gasteiger partial charge is 0.245 e. The summed E-state index contributed by atoms with van der Waals surface area (Å²) >= 11 is 1.55. The van der Waals surface area contributed by atoms with Crippen LogP contribution in [0.2, 0.25) is 0 Å². The highest BCUT2D eigenvalue weighted by atomic mass is 32.2. The largest absolute Gasteiger partial charge is 0.481 e. The highest BCUT2D eigenvalue weighted by molar-refractivity contribution is 8.01. The number of nitrogens with one attached hydrogen (secondary N) is 1.